The number of alkyl halides is 3. The summed E-state index contributed by atoms with van der Waals surface area (Å²) in [6, 6.07) is 12.7. The monoisotopic (exact) mass is 388 g/mol. The lowest BCUT2D eigenvalue weighted by Crippen LogP contribution is -2.36. The Morgan fingerprint density at radius 1 is 0.923 bits per heavy atom. The van der Waals surface area contributed by atoms with Crippen molar-refractivity contribution in [2.45, 2.75) is 11.3 Å². The summed E-state index contributed by atoms with van der Waals surface area (Å²) in [6.45, 7) is 0.670. The fourth-order valence-electron chi connectivity index (χ4n) is 2.21. The number of rotatable bonds is 7. The first-order chi connectivity index (χ1) is 12.1. The zero-order valence-corrected chi connectivity index (χ0v) is 15.1. The van der Waals surface area contributed by atoms with Crippen molar-refractivity contribution >= 4 is 15.7 Å². The molecule has 0 aromatic heterocycles. The van der Waals surface area contributed by atoms with E-state index in [9.17, 15) is 21.6 Å². The average Bonchev–Trinajstić information content (AvgIpc) is 2.54. The van der Waals surface area contributed by atoms with Crippen molar-refractivity contribution in [1.82, 2.24) is 4.90 Å². The van der Waals surface area contributed by atoms with E-state index < -0.39 is 22.1 Å². The fraction of sp³-hybridized carbons (Fsp3) is 0.294. The number of hydrogen-bond donors (Lipinski definition) is 0. The van der Waals surface area contributed by atoms with E-state index in [1.807, 2.05) is 19.0 Å². The fourth-order valence-corrected chi connectivity index (χ4v) is 3.67. The molecule has 0 aliphatic heterocycles. The van der Waals surface area contributed by atoms with Gasteiger partial charge in [0.15, 0.2) is 0 Å². The molecule has 0 fully saturated rings. The molecule has 142 valence electrons. The highest BCUT2D eigenvalue weighted by Gasteiger charge is 2.31. The largest absolute Gasteiger partial charge is 0.573 e. The molecule has 0 aliphatic rings. The number of ether oxygens (including phenoxy) is 1. The van der Waals surface area contributed by atoms with Gasteiger partial charge in [0.2, 0.25) is 0 Å². The van der Waals surface area contributed by atoms with Crippen LogP contribution in [0.3, 0.4) is 0 Å². The van der Waals surface area contributed by atoms with E-state index in [4.69, 9.17) is 0 Å². The number of benzene rings is 2. The Labute approximate surface area is 150 Å². The van der Waals surface area contributed by atoms with E-state index in [1.165, 1.54) is 4.31 Å². The van der Waals surface area contributed by atoms with Crippen LogP contribution in [-0.4, -0.2) is 46.9 Å². The molecule has 0 aliphatic carbocycles. The van der Waals surface area contributed by atoms with Gasteiger partial charge in [-0.1, -0.05) is 18.2 Å². The van der Waals surface area contributed by atoms with Gasteiger partial charge in [-0.2, -0.15) is 0 Å². The summed E-state index contributed by atoms with van der Waals surface area (Å²) in [5.41, 5.74) is 0.477. The highest BCUT2D eigenvalue weighted by Crippen LogP contribution is 2.27. The van der Waals surface area contributed by atoms with Crippen molar-refractivity contribution in [1.29, 1.82) is 0 Å². The second-order valence-corrected chi connectivity index (χ2v) is 7.60. The molecule has 26 heavy (non-hydrogen) atoms. The summed E-state index contributed by atoms with van der Waals surface area (Å²) in [5, 5.41) is 0. The Hall–Kier alpha value is -2.26. The van der Waals surface area contributed by atoms with E-state index in [1.54, 1.807) is 30.3 Å². The third-order valence-corrected chi connectivity index (χ3v) is 5.28. The number of halogens is 3. The number of para-hydroxylation sites is 1. The third kappa shape index (κ3) is 5.37. The second-order valence-electron chi connectivity index (χ2n) is 5.74. The number of sulfonamides is 1. The smallest absolute Gasteiger partial charge is 0.406 e. The quantitative estimate of drug-likeness (QED) is 0.730. The predicted octanol–water partition coefficient (Wildman–Crippen LogP) is 3.34. The molecule has 0 unspecified atom stereocenters. The van der Waals surface area contributed by atoms with E-state index >= 15 is 0 Å². The van der Waals surface area contributed by atoms with Crippen molar-refractivity contribution in [3.8, 4) is 5.75 Å². The highest BCUT2D eigenvalue weighted by atomic mass is 32.2. The van der Waals surface area contributed by atoms with Gasteiger partial charge in [-0.3, -0.25) is 4.31 Å². The first-order valence-electron chi connectivity index (χ1n) is 7.68. The molecular weight excluding hydrogens is 369 g/mol. The molecular formula is C17H19F3N2O3S. The topological polar surface area (TPSA) is 49.9 Å². The Balaban J connectivity index is 2.33. The van der Waals surface area contributed by atoms with Gasteiger partial charge in [0, 0.05) is 13.1 Å². The maximum atomic E-state index is 13.0. The zero-order chi connectivity index (χ0) is 19.4. The van der Waals surface area contributed by atoms with Crippen molar-refractivity contribution in [3.63, 3.8) is 0 Å². The third-order valence-electron chi connectivity index (χ3n) is 3.44. The van der Waals surface area contributed by atoms with Crippen LogP contribution < -0.4 is 9.04 Å². The van der Waals surface area contributed by atoms with Crippen LogP contribution in [0.2, 0.25) is 0 Å². The Morgan fingerprint density at radius 2 is 1.50 bits per heavy atom. The normalized spacial score (nSPS) is 12.2. The lowest BCUT2D eigenvalue weighted by molar-refractivity contribution is -0.274. The van der Waals surface area contributed by atoms with Crippen molar-refractivity contribution in [2.75, 3.05) is 31.5 Å². The molecule has 0 amide bonds. The van der Waals surface area contributed by atoms with Gasteiger partial charge in [0.05, 0.1) is 10.6 Å². The second kappa shape index (κ2) is 7.96. The maximum absolute atomic E-state index is 13.0. The molecule has 0 saturated heterocycles. The minimum Gasteiger partial charge on any atom is -0.406 e. The summed E-state index contributed by atoms with van der Waals surface area (Å²) in [5.74, 6) is -0.476. The predicted molar refractivity (Wildman–Crippen MR) is 92.7 cm³/mol. The number of likely N-dealkylation sites (N-methyl/N-ethyl adjacent to an activating group) is 1. The molecule has 0 saturated carbocycles. The van der Waals surface area contributed by atoms with Gasteiger partial charge >= 0.3 is 6.36 Å². The van der Waals surface area contributed by atoms with E-state index in [0.29, 0.717) is 12.2 Å². The summed E-state index contributed by atoms with van der Waals surface area (Å²) in [7, 11) is -0.303. The van der Waals surface area contributed by atoms with Crippen LogP contribution in [0.25, 0.3) is 0 Å². The zero-order valence-electron chi connectivity index (χ0n) is 14.3. The molecule has 2 rings (SSSR count). The first-order valence-corrected chi connectivity index (χ1v) is 9.12. The minimum atomic E-state index is -4.83. The number of anilines is 1. The lowest BCUT2D eigenvalue weighted by atomic mass is 10.3. The lowest BCUT2D eigenvalue weighted by Gasteiger charge is -2.26. The van der Waals surface area contributed by atoms with Crippen LogP contribution in [0.15, 0.2) is 59.5 Å². The molecule has 0 atom stereocenters. The van der Waals surface area contributed by atoms with Gasteiger partial charge in [0.1, 0.15) is 5.75 Å². The van der Waals surface area contributed by atoms with E-state index in [-0.39, 0.29) is 11.4 Å². The van der Waals surface area contributed by atoms with E-state index in [0.717, 1.165) is 24.3 Å². The van der Waals surface area contributed by atoms with Crippen LogP contribution in [0.4, 0.5) is 18.9 Å². The number of hydrogen-bond acceptors (Lipinski definition) is 4. The van der Waals surface area contributed by atoms with Gasteiger partial charge in [0.25, 0.3) is 10.0 Å². The average molecular weight is 388 g/mol. The van der Waals surface area contributed by atoms with Gasteiger partial charge in [-0.25, -0.2) is 8.42 Å². The van der Waals surface area contributed by atoms with Crippen LogP contribution in [0, 0.1) is 0 Å². The van der Waals surface area contributed by atoms with E-state index in [2.05, 4.69) is 4.74 Å². The number of nitrogens with zero attached hydrogens (tertiary/aromatic N) is 2. The van der Waals surface area contributed by atoms with Crippen molar-refractivity contribution in [2.24, 2.45) is 0 Å². The molecule has 5 nitrogen and oxygen atoms in total. The molecule has 2 aromatic rings. The van der Waals surface area contributed by atoms with Crippen molar-refractivity contribution in [3.05, 3.63) is 54.6 Å². The van der Waals surface area contributed by atoms with Crippen molar-refractivity contribution < 1.29 is 26.3 Å². The summed E-state index contributed by atoms with van der Waals surface area (Å²) in [4.78, 5) is 1.72. The maximum Gasteiger partial charge on any atom is 0.573 e. The molecule has 2 aromatic carbocycles. The van der Waals surface area contributed by atoms with Crippen LogP contribution >= 0.6 is 0 Å². The molecule has 0 radical (unpaired) electrons. The van der Waals surface area contributed by atoms with Crippen LogP contribution in [-0.2, 0) is 10.0 Å². The molecule has 0 bridgehead atoms. The summed E-state index contributed by atoms with van der Waals surface area (Å²) >= 11 is 0. The van der Waals surface area contributed by atoms with Crippen LogP contribution in [0.1, 0.15) is 0 Å². The molecule has 0 N–H and O–H groups in total. The minimum absolute atomic E-state index is 0.116. The van der Waals surface area contributed by atoms with Gasteiger partial charge in [-0.05, 0) is 50.5 Å². The van der Waals surface area contributed by atoms with Gasteiger partial charge < -0.3 is 9.64 Å². The molecule has 0 heterocycles. The Bertz CT molecular complexity index is 807. The molecule has 0 spiro atoms. The highest BCUT2D eigenvalue weighted by molar-refractivity contribution is 7.92. The first kappa shape index (κ1) is 20.1. The molecule has 9 heteroatoms. The van der Waals surface area contributed by atoms with Crippen LogP contribution in [0.5, 0.6) is 5.75 Å². The summed E-state index contributed by atoms with van der Waals surface area (Å²) in [6.07, 6.45) is -4.83. The standard InChI is InChI=1S/C17H19F3N2O3S/c1-21(2)12-13-22(14-6-4-3-5-7-14)26(23,24)16-10-8-15(9-11-16)25-17(18,19)20/h3-11H,12-13H2,1-2H3. The summed E-state index contributed by atoms with van der Waals surface area (Å²) < 4.78 is 67.7. The Kier molecular flexibility index (Phi) is 6.14. The Morgan fingerprint density at radius 3 is 2.00 bits per heavy atom. The van der Waals surface area contributed by atoms with Gasteiger partial charge in [-0.15, -0.1) is 13.2 Å². The SMILES string of the molecule is CN(C)CCN(c1ccccc1)S(=O)(=O)c1ccc(OC(F)(F)F)cc1.